The molecular formula is C17H37NO2Si2. The molecule has 0 saturated carbocycles. The average Bonchev–Trinajstić information content (AvgIpc) is 2.50. The van der Waals surface area contributed by atoms with Gasteiger partial charge in [0, 0.05) is 6.08 Å². The van der Waals surface area contributed by atoms with Gasteiger partial charge in [-0.25, -0.2) is 4.79 Å². The second kappa shape index (κ2) is 13.1. The van der Waals surface area contributed by atoms with Crippen LogP contribution in [0.15, 0.2) is 12.7 Å². The van der Waals surface area contributed by atoms with Crippen LogP contribution in [-0.4, -0.2) is 41.3 Å². The fourth-order valence-corrected chi connectivity index (χ4v) is 13.8. The van der Waals surface area contributed by atoms with E-state index in [1.165, 1.54) is 56.4 Å². The molecular weight excluding hydrogens is 306 g/mol. The van der Waals surface area contributed by atoms with Gasteiger partial charge in [0.05, 0.1) is 16.3 Å². The quantitative estimate of drug-likeness (QED) is 0.206. The van der Waals surface area contributed by atoms with Gasteiger partial charge < -0.3 is 8.97 Å². The molecule has 0 amide bonds. The van der Waals surface area contributed by atoms with Gasteiger partial charge in [-0.15, -0.1) is 0 Å². The number of nitrogens with zero attached hydrogens (tertiary/aromatic N) is 1. The Labute approximate surface area is 141 Å². The first-order valence-electron chi connectivity index (χ1n) is 9.14. The van der Waals surface area contributed by atoms with Crippen LogP contribution in [0, 0.1) is 0 Å². The smallest absolute Gasteiger partial charge is 0.330 e. The summed E-state index contributed by atoms with van der Waals surface area (Å²) < 4.78 is 8.13. The van der Waals surface area contributed by atoms with Gasteiger partial charge in [0.2, 0.25) is 0 Å². The lowest BCUT2D eigenvalue weighted by atomic mass is 10.5. The van der Waals surface area contributed by atoms with Crippen LogP contribution in [0.4, 0.5) is 0 Å². The summed E-state index contributed by atoms with van der Waals surface area (Å²) in [5, 5.41) is 0. The van der Waals surface area contributed by atoms with Crippen molar-refractivity contribution in [2.45, 2.75) is 77.6 Å². The summed E-state index contributed by atoms with van der Waals surface area (Å²) in [4.78, 5) is 11.2. The molecule has 0 spiro atoms. The van der Waals surface area contributed by atoms with E-state index in [0.717, 1.165) is 6.04 Å². The monoisotopic (exact) mass is 343 g/mol. The minimum absolute atomic E-state index is 0.282. The summed E-state index contributed by atoms with van der Waals surface area (Å²) in [5.41, 5.74) is 0. The van der Waals surface area contributed by atoms with Crippen LogP contribution in [0.25, 0.3) is 0 Å². The van der Waals surface area contributed by atoms with Gasteiger partial charge >= 0.3 is 5.97 Å². The summed E-state index contributed by atoms with van der Waals surface area (Å²) in [5.74, 6) is -0.282. The van der Waals surface area contributed by atoms with Crippen molar-refractivity contribution in [3.05, 3.63) is 12.7 Å². The van der Waals surface area contributed by atoms with Gasteiger partial charge in [0.15, 0.2) is 0 Å². The minimum Gasteiger partial charge on any atom is -0.463 e. The zero-order valence-electron chi connectivity index (χ0n) is 15.3. The summed E-state index contributed by atoms with van der Waals surface area (Å²) in [6.07, 6.45) is 6.44. The minimum atomic E-state index is -1.30. The van der Waals surface area contributed by atoms with Crippen molar-refractivity contribution in [2.75, 3.05) is 13.2 Å². The zero-order valence-corrected chi connectivity index (χ0v) is 17.7. The second-order valence-electron chi connectivity index (χ2n) is 6.19. The number of carbonyl (C=O) groups is 1. The Bertz CT molecular complexity index is 294. The summed E-state index contributed by atoms with van der Waals surface area (Å²) in [6, 6.07) is 5.39. The Balaban J connectivity index is 4.78. The topological polar surface area (TPSA) is 29.5 Å². The molecule has 0 aliphatic heterocycles. The number of ether oxygens (including phenoxy) is 1. The maximum atomic E-state index is 11.2. The molecule has 22 heavy (non-hydrogen) atoms. The zero-order chi connectivity index (χ0) is 16.8. The van der Waals surface area contributed by atoms with Crippen LogP contribution in [0.2, 0.25) is 24.2 Å². The van der Waals surface area contributed by atoms with E-state index in [0.29, 0.717) is 6.61 Å². The fraction of sp³-hybridized carbons (Fsp3) is 0.824. The van der Waals surface area contributed by atoms with E-state index >= 15 is 0 Å². The average molecular weight is 344 g/mol. The van der Waals surface area contributed by atoms with Crippen LogP contribution >= 0.6 is 0 Å². The molecule has 0 unspecified atom stereocenters. The summed E-state index contributed by atoms with van der Waals surface area (Å²) in [7, 11) is -1.61. The maximum absolute atomic E-state index is 11.2. The molecule has 0 aromatic heterocycles. The van der Waals surface area contributed by atoms with Crippen molar-refractivity contribution in [3.8, 4) is 0 Å². The van der Waals surface area contributed by atoms with Crippen LogP contribution in [0.5, 0.6) is 0 Å². The van der Waals surface area contributed by atoms with Crippen LogP contribution in [0.3, 0.4) is 0 Å². The largest absolute Gasteiger partial charge is 0.463 e. The van der Waals surface area contributed by atoms with Crippen molar-refractivity contribution in [2.24, 2.45) is 0 Å². The highest BCUT2D eigenvalue weighted by atomic mass is 28.4. The number of rotatable bonds is 14. The SMILES string of the molecule is C=CC(=O)OCC[SiH2]N(CCC)[Si](CCC)(CCC)CCC. The predicted molar refractivity (Wildman–Crippen MR) is 103 cm³/mol. The first-order chi connectivity index (χ1) is 10.6. The van der Waals surface area contributed by atoms with Crippen LogP contribution < -0.4 is 0 Å². The lowest BCUT2D eigenvalue weighted by molar-refractivity contribution is -0.137. The molecule has 0 heterocycles. The van der Waals surface area contributed by atoms with Gasteiger partial charge in [0.1, 0.15) is 8.24 Å². The molecule has 0 radical (unpaired) electrons. The van der Waals surface area contributed by atoms with E-state index in [4.69, 9.17) is 4.74 Å². The van der Waals surface area contributed by atoms with Crippen molar-refractivity contribution in [1.29, 1.82) is 0 Å². The van der Waals surface area contributed by atoms with Gasteiger partial charge in [0.25, 0.3) is 0 Å². The van der Waals surface area contributed by atoms with Gasteiger partial charge in [-0.3, -0.25) is 0 Å². The lowest BCUT2D eigenvalue weighted by Gasteiger charge is -2.43. The van der Waals surface area contributed by atoms with Gasteiger partial charge in [-0.2, -0.15) is 0 Å². The van der Waals surface area contributed by atoms with Crippen molar-refractivity contribution in [1.82, 2.24) is 4.23 Å². The number of hydrogen-bond donors (Lipinski definition) is 0. The van der Waals surface area contributed by atoms with Gasteiger partial charge in [-0.1, -0.05) is 53.5 Å². The molecule has 0 N–H and O–H groups in total. The molecule has 0 fully saturated rings. The second-order valence-corrected chi connectivity index (χ2v) is 13.3. The van der Waals surface area contributed by atoms with E-state index in [1.807, 2.05) is 0 Å². The Kier molecular flexibility index (Phi) is 12.8. The van der Waals surface area contributed by atoms with E-state index < -0.39 is 8.24 Å². The Hall–Kier alpha value is -0.396. The Morgan fingerprint density at radius 3 is 2.05 bits per heavy atom. The molecule has 0 aliphatic rings. The molecule has 0 aliphatic carbocycles. The van der Waals surface area contributed by atoms with Crippen LogP contribution in [0.1, 0.15) is 53.4 Å². The third-order valence-corrected chi connectivity index (χ3v) is 14.3. The molecule has 3 nitrogen and oxygen atoms in total. The third kappa shape index (κ3) is 7.74. The van der Waals surface area contributed by atoms with Gasteiger partial charge in [-0.05, 0) is 37.1 Å². The molecule has 0 aromatic carbocycles. The van der Waals surface area contributed by atoms with E-state index in [-0.39, 0.29) is 15.7 Å². The lowest BCUT2D eigenvalue weighted by Crippen LogP contribution is -2.55. The summed E-state index contributed by atoms with van der Waals surface area (Å²) in [6.45, 7) is 14.6. The number of carbonyl (C=O) groups excluding carboxylic acids is 1. The predicted octanol–water partition coefficient (Wildman–Crippen LogP) is 4.11. The van der Waals surface area contributed by atoms with Crippen molar-refractivity contribution in [3.63, 3.8) is 0 Å². The molecule has 130 valence electrons. The van der Waals surface area contributed by atoms with E-state index in [2.05, 4.69) is 38.5 Å². The van der Waals surface area contributed by atoms with E-state index in [1.54, 1.807) is 0 Å². The van der Waals surface area contributed by atoms with Crippen LogP contribution in [-0.2, 0) is 9.53 Å². The van der Waals surface area contributed by atoms with Crippen molar-refractivity contribution >= 4 is 23.9 Å². The molecule has 0 aromatic rings. The number of hydrogen-bond acceptors (Lipinski definition) is 3. The third-order valence-electron chi connectivity index (χ3n) is 4.29. The standard InChI is InChI=1S/C17H37NO2Si2/c1-6-11-18(21-13-12-20-17(19)10-5)22(14-7-2,15-8-3)16-9-4/h10H,5-9,11-16,21H2,1-4H3. The molecule has 5 heteroatoms. The molecule has 0 bridgehead atoms. The Morgan fingerprint density at radius 2 is 1.64 bits per heavy atom. The first kappa shape index (κ1) is 21.6. The molecule has 0 rings (SSSR count). The maximum Gasteiger partial charge on any atom is 0.330 e. The van der Waals surface area contributed by atoms with E-state index in [9.17, 15) is 4.79 Å². The highest BCUT2D eigenvalue weighted by Gasteiger charge is 2.36. The molecule has 0 atom stereocenters. The normalized spacial score (nSPS) is 12.2. The molecule has 0 saturated heterocycles. The van der Waals surface area contributed by atoms with Crippen molar-refractivity contribution < 1.29 is 9.53 Å². The Morgan fingerprint density at radius 1 is 1.09 bits per heavy atom. The highest BCUT2D eigenvalue weighted by Crippen LogP contribution is 2.30. The first-order valence-corrected chi connectivity index (χ1v) is 13.3. The number of esters is 1. The highest BCUT2D eigenvalue weighted by molar-refractivity contribution is 6.82. The summed E-state index contributed by atoms with van der Waals surface area (Å²) >= 11 is 0. The fourth-order valence-electron chi connectivity index (χ4n) is 3.59.